The number of benzene rings is 2. The number of anilines is 2. The Balaban J connectivity index is 2.00. The summed E-state index contributed by atoms with van der Waals surface area (Å²) in [7, 11) is 1.50. The highest BCUT2D eigenvalue weighted by Gasteiger charge is 2.39. The van der Waals surface area contributed by atoms with Crippen molar-refractivity contribution in [1.82, 2.24) is 10.2 Å². The summed E-state index contributed by atoms with van der Waals surface area (Å²) in [6.07, 6.45) is -0.779. The molecule has 2 aromatic carbocycles. The fourth-order valence-electron chi connectivity index (χ4n) is 3.50. The van der Waals surface area contributed by atoms with Gasteiger partial charge in [-0.15, -0.1) is 0 Å². The first-order valence-corrected chi connectivity index (χ1v) is 11.3. The van der Waals surface area contributed by atoms with Crippen LogP contribution in [0.15, 0.2) is 41.4 Å². The van der Waals surface area contributed by atoms with Crippen LogP contribution in [0.3, 0.4) is 0 Å². The van der Waals surface area contributed by atoms with Gasteiger partial charge in [-0.2, -0.15) is 0 Å². The van der Waals surface area contributed by atoms with Crippen molar-refractivity contribution in [2.45, 2.75) is 45.3 Å². The molecule has 1 atom stereocenters. The highest BCUT2D eigenvalue weighted by atomic mass is 35.5. The summed E-state index contributed by atoms with van der Waals surface area (Å²) in [6, 6.07) is 9.16. The second kappa shape index (κ2) is 9.71. The maximum Gasteiger partial charge on any atom is 0.414 e. The molecule has 0 bridgehead atoms. The van der Waals surface area contributed by atoms with Crippen molar-refractivity contribution in [3.05, 3.63) is 62.1 Å². The zero-order valence-corrected chi connectivity index (χ0v) is 21.3. The minimum absolute atomic E-state index is 0.0120. The van der Waals surface area contributed by atoms with Gasteiger partial charge in [-0.1, -0.05) is 35.3 Å². The molecule has 1 aliphatic rings. The summed E-state index contributed by atoms with van der Waals surface area (Å²) in [5, 5.41) is 17.4. The first-order valence-electron chi connectivity index (χ1n) is 10.6. The zero-order valence-electron chi connectivity index (χ0n) is 19.8. The topological polar surface area (TPSA) is 126 Å². The highest BCUT2D eigenvalue weighted by Crippen LogP contribution is 2.42. The van der Waals surface area contributed by atoms with Gasteiger partial charge in [0.15, 0.2) is 0 Å². The van der Waals surface area contributed by atoms with Crippen LogP contribution in [-0.4, -0.2) is 40.4 Å². The third kappa shape index (κ3) is 6.01. The summed E-state index contributed by atoms with van der Waals surface area (Å²) in [6.45, 7) is 6.87. The number of carbonyl (C=O) groups excluding carboxylic acids is 2. The lowest BCUT2D eigenvalue weighted by Gasteiger charge is -2.35. The second-order valence-corrected chi connectivity index (χ2v) is 9.99. The predicted molar refractivity (Wildman–Crippen MR) is 134 cm³/mol. The number of hydrogen-bond donors (Lipinski definition) is 2. The van der Waals surface area contributed by atoms with E-state index in [9.17, 15) is 19.7 Å². The van der Waals surface area contributed by atoms with Crippen molar-refractivity contribution in [3.63, 3.8) is 0 Å². The molecule has 2 N–H and O–H groups in total. The lowest BCUT2D eigenvalue weighted by Crippen LogP contribution is -2.52. The average molecular weight is 522 g/mol. The SMILES string of the molecule is CN1C(=O)C[C@@](C)(c2cccc(Nc3cc(Cl)ccc3[N+](=O)[O-])c2Cl)N=C1NC(=O)OC(C)(C)C. The third-order valence-electron chi connectivity index (χ3n) is 5.16. The van der Waals surface area contributed by atoms with Crippen molar-refractivity contribution < 1.29 is 19.2 Å². The van der Waals surface area contributed by atoms with E-state index < -0.39 is 22.2 Å². The normalized spacial score (nSPS) is 18.1. The molecule has 0 aliphatic carbocycles. The molecule has 186 valence electrons. The van der Waals surface area contributed by atoms with Gasteiger partial charge >= 0.3 is 6.09 Å². The third-order valence-corrected chi connectivity index (χ3v) is 5.80. The van der Waals surface area contributed by atoms with Gasteiger partial charge in [-0.25, -0.2) is 9.79 Å². The van der Waals surface area contributed by atoms with Crippen LogP contribution in [0, 0.1) is 10.1 Å². The van der Waals surface area contributed by atoms with Crippen molar-refractivity contribution in [3.8, 4) is 0 Å². The molecule has 2 aromatic rings. The van der Waals surface area contributed by atoms with E-state index in [1.807, 2.05) is 0 Å². The Morgan fingerprint density at radius 3 is 2.54 bits per heavy atom. The van der Waals surface area contributed by atoms with E-state index >= 15 is 0 Å². The molecule has 2 amide bonds. The maximum atomic E-state index is 12.8. The van der Waals surface area contributed by atoms with E-state index in [2.05, 4.69) is 15.6 Å². The fourth-order valence-corrected chi connectivity index (χ4v) is 4.05. The summed E-state index contributed by atoms with van der Waals surface area (Å²) in [4.78, 5) is 41.9. The Morgan fingerprint density at radius 1 is 1.23 bits per heavy atom. The van der Waals surface area contributed by atoms with Gasteiger partial charge in [-0.3, -0.25) is 25.1 Å². The zero-order chi connectivity index (χ0) is 26.1. The number of amides is 2. The molecule has 12 heteroatoms. The largest absolute Gasteiger partial charge is 0.444 e. The van der Waals surface area contributed by atoms with Crippen LogP contribution in [0.4, 0.5) is 21.9 Å². The number of halogens is 2. The van der Waals surface area contributed by atoms with Crippen LogP contribution in [0.2, 0.25) is 10.0 Å². The van der Waals surface area contributed by atoms with Crippen LogP contribution in [0.25, 0.3) is 0 Å². The molecule has 0 radical (unpaired) electrons. The van der Waals surface area contributed by atoms with Crippen LogP contribution in [0.5, 0.6) is 0 Å². The Kier molecular flexibility index (Phi) is 7.28. The first kappa shape index (κ1) is 26.2. The summed E-state index contributed by atoms with van der Waals surface area (Å²) in [5.74, 6) is -0.286. The van der Waals surface area contributed by atoms with E-state index in [1.54, 1.807) is 45.9 Å². The summed E-state index contributed by atoms with van der Waals surface area (Å²) >= 11 is 12.7. The van der Waals surface area contributed by atoms with Gasteiger partial charge in [0.2, 0.25) is 11.9 Å². The molecule has 0 spiro atoms. The molecule has 0 saturated carbocycles. The molecule has 0 aromatic heterocycles. The molecule has 3 rings (SSSR count). The monoisotopic (exact) mass is 521 g/mol. The highest BCUT2D eigenvalue weighted by molar-refractivity contribution is 6.34. The fraction of sp³-hybridized carbons (Fsp3) is 0.348. The van der Waals surface area contributed by atoms with Crippen LogP contribution in [0.1, 0.15) is 39.7 Å². The first-order chi connectivity index (χ1) is 16.2. The van der Waals surface area contributed by atoms with Crippen molar-refractivity contribution in [2.75, 3.05) is 12.4 Å². The van der Waals surface area contributed by atoms with E-state index in [4.69, 9.17) is 27.9 Å². The Morgan fingerprint density at radius 2 is 1.91 bits per heavy atom. The number of hydrogen-bond acceptors (Lipinski definition) is 7. The number of ether oxygens (including phenoxy) is 1. The summed E-state index contributed by atoms with van der Waals surface area (Å²) < 4.78 is 5.28. The van der Waals surface area contributed by atoms with Crippen molar-refractivity contribution >= 4 is 58.2 Å². The number of rotatable bonds is 4. The van der Waals surface area contributed by atoms with Crippen LogP contribution < -0.4 is 10.6 Å². The Labute approximate surface area is 212 Å². The minimum atomic E-state index is -1.14. The maximum absolute atomic E-state index is 12.8. The van der Waals surface area contributed by atoms with Crippen LogP contribution >= 0.6 is 23.2 Å². The number of guanidine groups is 1. The molecule has 10 nitrogen and oxygen atoms in total. The van der Waals surface area contributed by atoms with E-state index in [1.165, 1.54) is 30.1 Å². The van der Waals surface area contributed by atoms with Crippen molar-refractivity contribution in [2.24, 2.45) is 4.99 Å². The molecule has 0 unspecified atom stereocenters. The number of nitro benzene ring substituents is 1. The summed E-state index contributed by atoms with van der Waals surface area (Å²) in [5.41, 5.74) is -1.06. The minimum Gasteiger partial charge on any atom is -0.444 e. The van der Waals surface area contributed by atoms with Gasteiger partial charge in [0, 0.05) is 23.7 Å². The number of nitrogens with zero attached hydrogens (tertiary/aromatic N) is 3. The van der Waals surface area contributed by atoms with E-state index in [0.717, 1.165) is 0 Å². The number of carbonyl (C=O) groups is 2. The van der Waals surface area contributed by atoms with Crippen molar-refractivity contribution in [1.29, 1.82) is 0 Å². The van der Waals surface area contributed by atoms with Crippen LogP contribution in [-0.2, 0) is 15.1 Å². The van der Waals surface area contributed by atoms with Gasteiger partial charge in [0.1, 0.15) is 11.3 Å². The van der Waals surface area contributed by atoms with Gasteiger partial charge in [0.25, 0.3) is 5.69 Å². The van der Waals surface area contributed by atoms with Gasteiger partial charge in [0.05, 0.1) is 27.6 Å². The molecule has 1 aliphatic heterocycles. The molecule has 0 saturated heterocycles. The standard InChI is InChI=1S/C23H25Cl2N5O5/c1-22(2,3)35-21(32)27-20-28-23(4,12-18(31)29(20)5)14-7-6-8-15(19(14)25)26-16-11-13(24)9-10-17(16)30(33)34/h6-11,26H,12H2,1-5H3,(H,27,28,32)/t23-/m0/s1. The van der Waals surface area contributed by atoms with E-state index in [0.29, 0.717) is 16.3 Å². The molecular weight excluding hydrogens is 497 g/mol. The average Bonchev–Trinajstić information content (AvgIpc) is 2.71. The van der Waals surface area contributed by atoms with E-state index in [-0.39, 0.29) is 34.7 Å². The van der Waals surface area contributed by atoms with Gasteiger partial charge in [-0.05, 0) is 45.9 Å². The molecule has 0 fully saturated rings. The Bertz CT molecular complexity index is 1230. The number of alkyl carbamates (subject to hydrolysis) is 1. The predicted octanol–water partition coefficient (Wildman–Crippen LogP) is 5.60. The second-order valence-electron chi connectivity index (χ2n) is 9.18. The number of nitro groups is 1. The number of nitrogens with one attached hydrogen (secondary N) is 2. The van der Waals surface area contributed by atoms with Gasteiger partial charge < -0.3 is 10.1 Å². The lowest BCUT2D eigenvalue weighted by molar-refractivity contribution is -0.383. The quantitative estimate of drug-likeness (QED) is 0.398. The molecule has 35 heavy (non-hydrogen) atoms. The Hall–Kier alpha value is -3.37. The molecular formula is C23H25Cl2N5O5. The lowest BCUT2D eigenvalue weighted by atomic mass is 9.87. The number of aliphatic imine (C=N–C) groups is 1. The molecule has 1 heterocycles. The smallest absolute Gasteiger partial charge is 0.414 e.